The highest BCUT2D eigenvalue weighted by molar-refractivity contribution is 6.30. The Morgan fingerprint density at radius 2 is 1.93 bits per heavy atom. The number of ether oxygens (including phenoxy) is 1. The average Bonchev–Trinajstić information content (AvgIpc) is 2.97. The molecule has 74 valence electrons. The molecule has 0 spiro atoms. The van der Waals surface area contributed by atoms with E-state index in [0.717, 1.165) is 5.02 Å². The minimum atomic E-state index is 0.223. The van der Waals surface area contributed by atoms with Crippen LogP contribution in [0.15, 0.2) is 36.6 Å². The first-order chi connectivity index (χ1) is 6.77. The second kappa shape index (κ2) is 3.66. The maximum absolute atomic E-state index is 5.84. The summed E-state index contributed by atoms with van der Waals surface area (Å²) in [5, 5.41) is 0.792. The fourth-order valence-corrected chi connectivity index (χ4v) is 1.79. The van der Waals surface area contributed by atoms with E-state index in [1.807, 2.05) is 12.1 Å². The third-order valence-corrected chi connectivity index (χ3v) is 2.98. The minimum absolute atomic E-state index is 0.223. The molecule has 1 aliphatic rings. The van der Waals surface area contributed by atoms with Crippen molar-refractivity contribution in [2.24, 2.45) is 0 Å². The van der Waals surface area contributed by atoms with Gasteiger partial charge in [0.15, 0.2) is 0 Å². The molecule has 1 nitrogen and oxygen atoms in total. The summed E-state index contributed by atoms with van der Waals surface area (Å²) < 4.78 is 4.96. The molecule has 14 heavy (non-hydrogen) atoms. The fraction of sp³-hybridized carbons (Fsp3) is 0.333. The lowest BCUT2D eigenvalue weighted by atomic mass is 9.96. The summed E-state index contributed by atoms with van der Waals surface area (Å²) in [6.07, 6.45) is 6.31. The van der Waals surface area contributed by atoms with Gasteiger partial charge in [0.25, 0.3) is 0 Å². The molecular weight excluding hydrogens is 196 g/mol. The van der Waals surface area contributed by atoms with Crippen molar-refractivity contribution < 1.29 is 4.74 Å². The normalized spacial score (nSPS) is 18.4. The van der Waals surface area contributed by atoms with E-state index in [1.54, 1.807) is 13.4 Å². The van der Waals surface area contributed by atoms with Crippen LogP contribution in [0.2, 0.25) is 5.02 Å². The summed E-state index contributed by atoms with van der Waals surface area (Å²) in [5.41, 5.74) is 1.55. The quantitative estimate of drug-likeness (QED) is 0.691. The van der Waals surface area contributed by atoms with E-state index in [1.165, 1.54) is 18.4 Å². The standard InChI is InChI=1S/C12H13ClO/c1-14-9-8-12(6-7-12)10-2-4-11(13)5-3-10/h2-5,8-9H,6-7H2,1H3. The third-order valence-electron chi connectivity index (χ3n) is 2.73. The number of methoxy groups -OCH3 is 1. The molecule has 2 heteroatoms. The molecule has 0 amide bonds. The molecule has 0 aliphatic heterocycles. The minimum Gasteiger partial charge on any atom is -0.505 e. The Morgan fingerprint density at radius 1 is 1.29 bits per heavy atom. The zero-order chi connectivity index (χ0) is 10.0. The molecule has 2 rings (SSSR count). The van der Waals surface area contributed by atoms with Gasteiger partial charge in [0.1, 0.15) is 0 Å². The van der Waals surface area contributed by atoms with Gasteiger partial charge in [-0.3, -0.25) is 0 Å². The molecule has 0 saturated heterocycles. The highest BCUT2D eigenvalue weighted by atomic mass is 35.5. The Bertz CT molecular complexity index is 336. The first-order valence-electron chi connectivity index (χ1n) is 4.73. The van der Waals surface area contributed by atoms with Gasteiger partial charge < -0.3 is 4.74 Å². The second-order valence-electron chi connectivity index (χ2n) is 3.70. The van der Waals surface area contributed by atoms with Gasteiger partial charge in [-0.1, -0.05) is 23.7 Å². The van der Waals surface area contributed by atoms with E-state index < -0.39 is 0 Å². The molecule has 0 bridgehead atoms. The largest absolute Gasteiger partial charge is 0.505 e. The lowest BCUT2D eigenvalue weighted by molar-refractivity contribution is 0.335. The van der Waals surface area contributed by atoms with Gasteiger partial charge >= 0.3 is 0 Å². The smallest absolute Gasteiger partial charge is 0.0793 e. The molecule has 0 N–H and O–H groups in total. The van der Waals surface area contributed by atoms with Gasteiger partial charge in [-0.15, -0.1) is 0 Å². The molecule has 0 radical (unpaired) electrons. The van der Waals surface area contributed by atoms with E-state index >= 15 is 0 Å². The van der Waals surface area contributed by atoms with Crippen molar-refractivity contribution in [3.05, 3.63) is 47.2 Å². The molecule has 0 aromatic heterocycles. The number of hydrogen-bond donors (Lipinski definition) is 0. The monoisotopic (exact) mass is 208 g/mol. The fourth-order valence-electron chi connectivity index (χ4n) is 1.67. The van der Waals surface area contributed by atoms with Crippen LogP contribution < -0.4 is 0 Å². The van der Waals surface area contributed by atoms with Gasteiger partial charge in [0, 0.05) is 10.4 Å². The van der Waals surface area contributed by atoms with Crippen molar-refractivity contribution in [2.75, 3.05) is 7.11 Å². The van der Waals surface area contributed by atoms with Crippen molar-refractivity contribution in [1.82, 2.24) is 0 Å². The molecule has 1 saturated carbocycles. The van der Waals surface area contributed by atoms with Gasteiger partial charge in [0.2, 0.25) is 0 Å². The van der Waals surface area contributed by atoms with Crippen molar-refractivity contribution in [1.29, 1.82) is 0 Å². The van der Waals surface area contributed by atoms with Gasteiger partial charge in [-0.2, -0.15) is 0 Å². The van der Waals surface area contributed by atoms with E-state index in [2.05, 4.69) is 18.2 Å². The predicted molar refractivity (Wildman–Crippen MR) is 58.5 cm³/mol. The second-order valence-corrected chi connectivity index (χ2v) is 4.14. The summed E-state index contributed by atoms with van der Waals surface area (Å²) in [4.78, 5) is 0. The van der Waals surface area contributed by atoms with Crippen LogP contribution in [0.3, 0.4) is 0 Å². The molecule has 1 aliphatic carbocycles. The van der Waals surface area contributed by atoms with Crippen molar-refractivity contribution in [3.63, 3.8) is 0 Å². The molecule has 0 heterocycles. The van der Waals surface area contributed by atoms with E-state index in [9.17, 15) is 0 Å². The predicted octanol–water partition coefficient (Wildman–Crippen LogP) is 3.53. The summed E-state index contributed by atoms with van der Waals surface area (Å²) in [6, 6.07) is 8.07. The Balaban J connectivity index is 2.22. The highest BCUT2D eigenvalue weighted by Gasteiger charge is 2.41. The molecule has 1 fully saturated rings. The number of allylic oxidation sites excluding steroid dienone is 1. The van der Waals surface area contributed by atoms with E-state index in [-0.39, 0.29) is 5.41 Å². The van der Waals surface area contributed by atoms with Crippen molar-refractivity contribution in [2.45, 2.75) is 18.3 Å². The third kappa shape index (κ3) is 1.78. The Labute approximate surface area is 89.3 Å². The van der Waals surface area contributed by atoms with E-state index in [4.69, 9.17) is 16.3 Å². The maximum Gasteiger partial charge on any atom is 0.0793 e. The zero-order valence-electron chi connectivity index (χ0n) is 8.16. The van der Waals surface area contributed by atoms with Crippen LogP contribution in [0.5, 0.6) is 0 Å². The Hall–Kier alpha value is -0.950. The zero-order valence-corrected chi connectivity index (χ0v) is 8.92. The first-order valence-corrected chi connectivity index (χ1v) is 5.11. The van der Waals surface area contributed by atoms with Crippen LogP contribution in [0.1, 0.15) is 18.4 Å². The van der Waals surface area contributed by atoms with Gasteiger partial charge in [-0.25, -0.2) is 0 Å². The summed E-state index contributed by atoms with van der Waals surface area (Å²) >= 11 is 5.84. The molecule has 1 aromatic rings. The average molecular weight is 209 g/mol. The van der Waals surface area contributed by atoms with Crippen LogP contribution in [-0.2, 0) is 10.2 Å². The number of benzene rings is 1. The molecular formula is C12H13ClO. The summed E-state index contributed by atoms with van der Waals surface area (Å²) in [7, 11) is 1.68. The number of hydrogen-bond acceptors (Lipinski definition) is 1. The van der Waals surface area contributed by atoms with E-state index in [0.29, 0.717) is 0 Å². The summed E-state index contributed by atoms with van der Waals surface area (Å²) in [6.45, 7) is 0. The Morgan fingerprint density at radius 3 is 2.43 bits per heavy atom. The lowest BCUT2D eigenvalue weighted by Crippen LogP contribution is -2.01. The number of halogens is 1. The van der Waals surface area contributed by atoms with Crippen LogP contribution in [0.25, 0.3) is 0 Å². The topological polar surface area (TPSA) is 9.23 Å². The molecule has 0 atom stereocenters. The molecule has 1 aromatic carbocycles. The van der Waals surface area contributed by atoms with Crippen LogP contribution in [0, 0.1) is 0 Å². The van der Waals surface area contributed by atoms with Gasteiger partial charge in [-0.05, 0) is 36.6 Å². The van der Waals surface area contributed by atoms with Gasteiger partial charge in [0.05, 0.1) is 13.4 Å². The molecule has 0 unspecified atom stereocenters. The SMILES string of the molecule is COC=CC1(c2ccc(Cl)cc2)CC1. The van der Waals surface area contributed by atoms with Crippen molar-refractivity contribution in [3.8, 4) is 0 Å². The lowest BCUT2D eigenvalue weighted by Gasteiger charge is -2.09. The highest BCUT2D eigenvalue weighted by Crippen LogP contribution is 2.49. The summed E-state index contributed by atoms with van der Waals surface area (Å²) in [5.74, 6) is 0. The van der Waals surface area contributed by atoms with Crippen molar-refractivity contribution >= 4 is 11.6 Å². The first kappa shape index (κ1) is 9.60. The number of rotatable bonds is 3. The maximum atomic E-state index is 5.84. The Kier molecular flexibility index (Phi) is 2.51. The van der Waals surface area contributed by atoms with Crippen LogP contribution >= 0.6 is 11.6 Å². The van der Waals surface area contributed by atoms with Crippen LogP contribution in [0.4, 0.5) is 0 Å². The van der Waals surface area contributed by atoms with Crippen LogP contribution in [-0.4, -0.2) is 7.11 Å².